The summed E-state index contributed by atoms with van der Waals surface area (Å²) in [4.78, 5) is 23.8. The first-order valence-electron chi connectivity index (χ1n) is 10.9. The van der Waals surface area contributed by atoms with Crippen molar-refractivity contribution >= 4 is 11.6 Å². The molecule has 29 heavy (non-hydrogen) atoms. The number of nitrogens with zero attached hydrogens (tertiary/aromatic N) is 4. The summed E-state index contributed by atoms with van der Waals surface area (Å²) in [6.45, 7) is 5.79. The summed E-state index contributed by atoms with van der Waals surface area (Å²) in [7, 11) is 2.25. The molecule has 0 N–H and O–H groups in total. The molecule has 1 aliphatic heterocycles. The Balaban J connectivity index is 1.27. The van der Waals surface area contributed by atoms with E-state index in [1.54, 1.807) is 12.4 Å². The average molecular weight is 393 g/mol. The number of aryl methyl sites for hydroxylation is 1. The van der Waals surface area contributed by atoms with Gasteiger partial charge in [0.2, 0.25) is 0 Å². The van der Waals surface area contributed by atoms with Gasteiger partial charge in [0.15, 0.2) is 0 Å². The SMILES string of the molecule is Cc1ccccc1N(C)C1CCC(N2CCN(C(=O)c3cccnc3)CC2)CC1. The maximum absolute atomic E-state index is 12.6. The lowest BCUT2D eigenvalue weighted by Crippen LogP contribution is -2.53. The molecule has 2 aromatic rings. The van der Waals surface area contributed by atoms with Gasteiger partial charge in [-0.1, -0.05) is 18.2 Å². The van der Waals surface area contributed by atoms with Gasteiger partial charge in [0, 0.05) is 63.4 Å². The van der Waals surface area contributed by atoms with Gasteiger partial charge in [-0.3, -0.25) is 14.7 Å². The Morgan fingerprint density at radius 1 is 1.00 bits per heavy atom. The molecule has 0 atom stereocenters. The molecule has 4 rings (SSSR count). The predicted molar refractivity (Wildman–Crippen MR) is 117 cm³/mol. The molecule has 5 nitrogen and oxygen atoms in total. The highest BCUT2D eigenvalue weighted by Gasteiger charge is 2.31. The van der Waals surface area contributed by atoms with Crippen molar-refractivity contribution in [2.75, 3.05) is 38.1 Å². The van der Waals surface area contributed by atoms with Crippen LogP contribution in [0.3, 0.4) is 0 Å². The summed E-state index contributed by atoms with van der Waals surface area (Å²) in [5.41, 5.74) is 3.41. The van der Waals surface area contributed by atoms with Gasteiger partial charge < -0.3 is 9.80 Å². The molecular formula is C24H32N4O. The van der Waals surface area contributed by atoms with Crippen molar-refractivity contribution in [2.45, 2.75) is 44.7 Å². The Bertz CT molecular complexity index is 809. The van der Waals surface area contributed by atoms with Gasteiger partial charge in [-0.25, -0.2) is 0 Å². The standard InChI is InChI=1S/C24H32N4O/c1-19-6-3-4-8-23(19)26(2)21-9-11-22(12-10-21)27-14-16-28(17-15-27)24(29)20-7-5-13-25-18-20/h3-8,13,18,21-22H,9-12,14-17H2,1-2H3. The number of benzene rings is 1. The zero-order valence-electron chi connectivity index (χ0n) is 17.6. The third-order valence-electron chi connectivity index (χ3n) is 6.74. The summed E-state index contributed by atoms with van der Waals surface area (Å²) >= 11 is 0. The second-order valence-corrected chi connectivity index (χ2v) is 8.43. The molecular weight excluding hydrogens is 360 g/mol. The van der Waals surface area contributed by atoms with Crippen LogP contribution in [0.2, 0.25) is 0 Å². The molecule has 0 bridgehead atoms. The van der Waals surface area contributed by atoms with E-state index >= 15 is 0 Å². The number of aromatic nitrogens is 1. The van der Waals surface area contributed by atoms with E-state index in [2.05, 4.69) is 53.0 Å². The van der Waals surface area contributed by atoms with Crippen molar-refractivity contribution in [1.82, 2.24) is 14.8 Å². The molecule has 2 heterocycles. The molecule has 2 aliphatic rings. The monoisotopic (exact) mass is 392 g/mol. The highest BCUT2D eigenvalue weighted by Crippen LogP contribution is 2.30. The van der Waals surface area contributed by atoms with Crippen LogP contribution in [0.1, 0.15) is 41.6 Å². The minimum absolute atomic E-state index is 0.112. The van der Waals surface area contributed by atoms with E-state index in [1.165, 1.54) is 36.9 Å². The first kappa shape index (κ1) is 19.9. The van der Waals surface area contributed by atoms with Gasteiger partial charge in [0.05, 0.1) is 5.56 Å². The van der Waals surface area contributed by atoms with Crippen LogP contribution in [-0.4, -0.2) is 66.0 Å². The highest BCUT2D eigenvalue weighted by molar-refractivity contribution is 5.93. The molecule has 0 unspecified atom stereocenters. The Morgan fingerprint density at radius 2 is 1.72 bits per heavy atom. The average Bonchev–Trinajstić information content (AvgIpc) is 2.79. The molecule has 0 spiro atoms. The van der Waals surface area contributed by atoms with Gasteiger partial charge in [-0.05, 0) is 56.4 Å². The minimum atomic E-state index is 0.112. The van der Waals surface area contributed by atoms with Crippen molar-refractivity contribution in [2.24, 2.45) is 0 Å². The second kappa shape index (κ2) is 8.95. The second-order valence-electron chi connectivity index (χ2n) is 8.43. The normalized spacial score (nSPS) is 23.0. The number of hydrogen-bond donors (Lipinski definition) is 0. The van der Waals surface area contributed by atoms with Gasteiger partial charge in [0.1, 0.15) is 0 Å². The highest BCUT2D eigenvalue weighted by atomic mass is 16.2. The van der Waals surface area contributed by atoms with Crippen LogP contribution in [0.5, 0.6) is 0 Å². The topological polar surface area (TPSA) is 39.7 Å². The van der Waals surface area contributed by atoms with Gasteiger partial charge in [-0.2, -0.15) is 0 Å². The molecule has 154 valence electrons. The molecule has 0 radical (unpaired) electrons. The lowest BCUT2D eigenvalue weighted by molar-refractivity contribution is 0.0514. The van der Waals surface area contributed by atoms with E-state index in [1.807, 2.05) is 17.0 Å². The smallest absolute Gasteiger partial charge is 0.255 e. The maximum atomic E-state index is 12.6. The maximum Gasteiger partial charge on any atom is 0.255 e. The number of amides is 1. The third kappa shape index (κ3) is 4.45. The van der Waals surface area contributed by atoms with Crippen LogP contribution < -0.4 is 4.90 Å². The summed E-state index contributed by atoms with van der Waals surface area (Å²) in [5.74, 6) is 0.112. The van der Waals surface area contributed by atoms with Crippen molar-refractivity contribution in [3.63, 3.8) is 0 Å². The largest absolute Gasteiger partial charge is 0.371 e. The summed E-state index contributed by atoms with van der Waals surface area (Å²) in [5, 5.41) is 0. The number of piperazine rings is 1. The number of carbonyl (C=O) groups excluding carboxylic acids is 1. The van der Waals surface area contributed by atoms with Crippen LogP contribution in [0.25, 0.3) is 0 Å². The van der Waals surface area contributed by atoms with Gasteiger partial charge >= 0.3 is 0 Å². The fourth-order valence-electron chi connectivity index (χ4n) is 4.93. The summed E-state index contributed by atoms with van der Waals surface area (Å²) in [6.07, 6.45) is 8.35. The van der Waals surface area contributed by atoms with E-state index in [4.69, 9.17) is 0 Å². The van der Waals surface area contributed by atoms with Crippen LogP contribution in [0, 0.1) is 6.92 Å². The fourth-order valence-corrected chi connectivity index (χ4v) is 4.93. The zero-order valence-corrected chi connectivity index (χ0v) is 17.6. The van der Waals surface area contributed by atoms with Crippen LogP contribution in [0.4, 0.5) is 5.69 Å². The summed E-state index contributed by atoms with van der Waals surface area (Å²) in [6, 6.07) is 13.7. The van der Waals surface area contributed by atoms with Crippen molar-refractivity contribution in [3.05, 3.63) is 59.9 Å². The number of para-hydroxylation sites is 1. The molecule has 1 amide bonds. The Hall–Kier alpha value is -2.40. The van der Waals surface area contributed by atoms with Gasteiger partial charge in [0.25, 0.3) is 5.91 Å². The first-order valence-corrected chi connectivity index (χ1v) is 10.9. The van der Waals surface area contributed by atoms with E-state index in [0.29, 0.717) is 17.6 Å². The molecule has 1 aliphatic carbocycles. The van der Waals surface area contributed by atoms with E-state index < -0.39 is 0 Å². The van der Waals surface area contributed by atoms with E-state index in [9.17, 15) is 4.79 Å². The van der Waals surface area contributed by atoms with Crippen LogP contribution in [-0.2, 0) is 0 Å². The van der Waals surface area contributed by atoms with Crippen LogP contribution >= 0.6 is 0 Å². The molecule has 2 fully saturated rings. The number of pyridine rings is 1. The zero-order chi connectivity index (χ0) is 20.2. The van der Waals surface area contributed by atoms with Crippen LogP contribution in [0.15, 0.2) is 48.8 Å². The third-order valence-corrected chi connectivity index (χ3v) is 6.74. The van der Waals surface area contributed by atoms with Gasteiger partial charge in [-0.15, -0.1) is 0 Å². The first-order chi connectivity index (χ1) is 14.1. The van der Waals surface area contributed by atoms with Crippen molar-refractivity contribution in [3.8, 4) is 0 Å². The molecule has 1 aromatic heterocycles. The molecule has 5 heteroatoms. The number of carbonyl (C=O) groups is 1. The Labute approximate surface area is 174 Å². The van der Waals surface area contributed by atoms with E-state index in [-0.39, 0.29) is 5.91 Å². The Kier molecular flexibility index (Phi) is 6.14. The minimum Gasteiger partial charge on any atom is -0.371 e. The number of hydrogen-bond acceptors (Lipinski definition) is 4. The lowest BCUT2D eigenvalue weighted by atomic mass is 9.88. The molecule has 1 saturated carbocycles. The quantitative estimate of drug-likeness (QED) is 0.797. The van der Waals surface area contributed by atoms with Crippen molar-refractivity contribution in [1.29, 1.82) is 0 Å². The molecule has 1 aromatic carbocycles. The number of rotatable bonds is 4. The summed E-state index contributed by atoms with van der Waals surface area (Å²) < 4.78 is 0. The fraction of sp³-hybridized carbons (Fsp3) is 0.500. The van der Waals surface area contributed by atoms with Crippen molar-refractivity contribution < 1.29 is 4.79 Å². The predicted octanol–water partition coefficient (Wildman–Crippen LogP) is 3.60. The van der Waals surface area contributed by atoms with E-state index in [0.717, 1.165) is 26.2 Å². The number of anilines is 1. The molecule has 1 saturated heterocycles. The Morgan fingerprint density at radius 3 is 2.38 bits per heavy atom. The lowest BCUT2D eigenvalue weighted by Gasteiger charge is -2.43.